The van der Waals surface area contributed by atoms with E-state index in [2.05, 4.69) is 0 Å². The number of benzene rings is 1. The minimum Gasteiger partial charge on any atom is -0.478 e. The highest BCUT2D eigenvalue weighted by Crippen LogP contribution is 2.39. The number of alkyl halides is 3. The Bertz CT molecular complexity index is 822. The summed E-state index contributed by atoms with van der Waals surface area (Å²) in [6.45, 7) is 5.37. The summed E-state index contributed by atoms with van der Waals surface area (Å²) >= 11 is 0. The fourth-order valence-electron chi connectivity index (χ4n) is 3.61. The van der Waals surface area contributed by atoms with Crippen LogP contribution in [0.15, 0.2) is 16.5 Å². The Labute approximate surface area is 148 Å². The first-order chi connectivity index (χ1) is 12.2. The van der Waals surface area contributed by atoms with Crippen LogP contribution in [-0.4, -0.2) is 36.9 Å². The van der Waals surface area contributed by atoms with Crippen LogP contribution in [0, 0.1) is 6.92 Å². The molecule has 1 aromatic carbocycles. The van der Waals surface area contributed by atoms with Gasteiger partial charge in [0, 0.05) is 42.9 Å². The predicted octanol–water partition coefficient (Wildman–Crippen LogP) is 4.46. The molecule has 1 N–H and O–H groups in total. The van der Waals surface area contributed by atoms with Gasteiger partial charge < -0.3 is 19.2 Å². The lowest BCUT2D eigenvalue weighted by molar-refractivity contribution is -0.152. The summed E-state index contributed by atoms with van der Waals surface area (Å²) in [5.74, 6) is -2.47. The standard InChI is InChI=1S/C18H20F3NO4/c1-3-22(11-4-6-25-7-5-11)13-9-14-12(16(10(13)2)17(23)24)8-15(26-14)18(19,20)21/h8-9,11H,3-7H2,1-2H3,(H,23,24). The van der Waals surface area contributed by atoms with Crippen molar-refractivity contribution in [2.45, 2.75) is 38.9 Å². The van der Waals surface area contributed by atoms with Crippen LogP contribution in [0.1, 0.15) is 41.4 Å². The van der Waals surface area contributed by atoms with Crippen molar-refractivity contribution in [3.8, 4) is 0 Å². The molecule has 142 valence electrons. The molecule has 0 amide bonds. The molecular formula is C18H20F3NO4. The van der Waals surface area contributed by atoms with Gasteiger partial charge in [-0.05, 0) is 38.3 Å². The molecule has 1 saturated heterocycles. The number of carbonyl (C=O) groups is 1. The van der Waals surface area contributed by atoms with Crippen LogP contribution in [-0.2, 0) is 10.9 Å². The average molecular weight is 371 g/mol. The monoisotopic (exact) mass is 371 g/mol. The van der Waals surface area contributed by atoms with E-state index in [0.717, 1.165) is 18.9 Å². The van der Waals surface area contributed by atoms with Crippen molar-refractivity contribution < 1.29 is 32.2 Å². The summed E-state index contributed by atoms with van der Waals surface area (Å²) in [5.41, 5.74) is 0.809. The Hall–Kier alpha value is -2.22. The van der Waals surface area contributed by atoms with Gasteiger partial charge in [0.1, 0.15) is 5.58 Å². The van der Waals surface area contributed by atoms with Gasteiger partial charge in [-0.3, -0.25) is 0 Å². The number of rotatable bonds is 4. The van der Waals surface area contributed by atoms with Crippen molar-refractivity contribution in [3.05, 3.63) is 29.0 Å². The third kappa shape index (κ3) is 3.25. The molecule has 1 aromatic heterocycles. The minimum absolute atomic E-state index is 0.0332. The van der Waals surface area contributed by atoms with Crippen LogP contribution in [0.2, 0.25) is 0 Å². The molecule has 1 aliphatic heterocycles. The maximum Gasteiger partial charge on any atom is 0.449 e. The number of anilines is 1. The zero-order valence-electron chi connectivity index (χ0n) is 14.5. The maximum atomic E-state index is 13.0. The lowest BCUT2D eigenvalue weighted by Crippen LogP contribution is -2.40. The molecule has 2 aromatic rings. The lowest BCUT2D eigenvalue weighted by atomic mass is 9.98. The fraction of sp³-hybridized carbons (Fsp3) is 0.500. The van der Waals surface area contributed by atoms with Crippen molar-refractivity contribution in [3.63, 3.8) is 0 Å². The van der Waals surface area contributed by atoms with Crippen molar-refractivity contribution in [2.24, 2.45) is 0 Å². The number of carboxylic acid groups (broad SMARTS) is 1. The summed E-state index contributed by atoms with van der Waals surface area (Å²) in [6, 6.07) is 2.43. The van der Waals surface area contributed by atoms with Crippen molar-refractivity contribution in [1.29, 1.82) is 0 Å². The molecule has 8 heteroatoms. The zero-order chi connectivity index (χ0) is 19.1. The summed E-state index contributed by atoms with van der Waals surface area (Å²) in [5, 5.41) is 9.57. The molecule has 26 heavy (non-hydrogen) atoms. The first-order valence-corrected chi connectivity index (χ1v) is 8.46. The minimum atomic E-state index is -4.67. The van der Waals surface area contributed by atoms with Gasteiger partial charge in [-0.1, -0.05) is 0 Å². The molecule has 3 rings (SSSR count). The molecule has 0 radical (unpaired) electrons. The first-order valence-electron chi connectivity index (χ1n) is 8.46. The normalized spacial score (nSPS) is 16.2. The van der Waals surface area contributed by atoms with Gasteiger partial charge in [0.25, 0.3) is 0 Å². The van der Waals surface area contributed by atoms with Crippen LogP contribution in [0.3, 0.4) is 0 Å². The van der Waals surface area contributed by atoms with Crippen LogP contribution in [0.5, 0.6) is 0 Å². The average Bonchev–Trinajstić information content (AvgIpc) is 3.00. The smallest absolute Gasteiger partial charge is 0.449 e. The number of nitrogens with zero attached hydrogens (tertiary/aromatic N) is 1. The molecule has 0 bridgehead atoms. The van der Waals surface area contributed by atoms with Gasteiger partial charge in [0.15, 0.2) is 0 Å². The molecule has 1 aliphatic rings. The largest absolute Gasteiger partial charge is 0.478 e. The molecule has 0 spiro atoms. The van der Waals surface area contributed by atoms with Gasteiger partial charge in [-0.25, -0.2) is 4.79 Å². The van der Waals surface area contributed by atoms with E-state index in [1.807, 2.05) is 11.8 Å². The third-order valence-electron chi connectivity index (χ3n) is 4.83. The van der Waals surface area contributed by atoms with Crippen LogP contribution in [0.4, 0.5) is 18.9 Å². The molecule has 1 fully saturated rings. The van der Waals surface area contributed by atoms with Gasteiger partial charge >= 0.3 is 12.1 Å². The number of hydrogen-bond donors (Lipinski definition) is 1. The van der Waals surface area contributed by atoms with E-state index in [1.54, 1.807) is 6.92 Å². The van der Waals surface area contributed by atoms with E-state index in [-0.39, 0.29) is 22.6 Å². The van der Waals surface area contributed by atoms with Gasteiger partial charge in [-0.15, -0.1) is 0 Å². The number of halogens is 3. The molecular weight excluding hydrogens is 351 g/mol. The summed E-state index contributed by atoms with van der Waals surface area (Å²) in [6.07, 6.45) is -3.12. The third-order valence-corrected chi connectivity index (χ3v) is 4.83. The van der Waals surface area contributed by atoms with E-state index in [1.165, 1.54) is 6.07 Å². The van der Waals surface area contributed by atoms with E-state index >= 15 is 0 Å². The molecule has 5 nitrogen and oxygen atoms in total. The first kappa shape index (κ1) is 18.6. The molecule has 0 unspecified atom stereocenters. The highest BCUT2D eigenvalue weighted by atomic mass is 19.4. The Morgan fingerprint density at radius 2 is 1.96 bits per heavy atom. The van der Waals surface area contributed by atoms with Crippen LogP contribution >= 0.6 is 0 Å². The number of hydrogen-bond acceptors (Lipinski definition) is 4. The highest BCUT2D eigenvalue weighted by Gasteiger charge is 2.36. The summed E-state index contributed by atoms with van der Waals surface area (Å²) < 4.78 is 49.4. The second kappa shape index (κ2) is 6.83. The van der Waals surface area contributed by atoms with Crippen molar-refractivity contribution in [1.82, 2.24) is 0 Å². The predicted molar refractivity (Wildman–Crippen MR) is 89.8 cm³/mol. The Morgan fingerprint density at radius 1 is 1.31 bits per heavy atom. The topological polar surface area (TPSA) is 62.9 Å². The van der Waals surface area contributed by atoms with Crippen molar-refractivity contribution in [2.75, 3.05) is 24.7 Å². The van der Waals surface area contributed by atoms with Crippen LogP contribution in [0.25, 0.3) is 11.0 Å². The molecule has 0 aliphatic carbocycles. The van der Waals surface area contributed by atoms with Gasteiger partial charge in [0.2, 0.25) is 5.76 Å². The van der Waals surface area contributed by atoms with E-state index in [9.17, 15) is 23.1 Å². The van der Waals surface area contributed by atoms with E-state index < -0.39 is 17.9 Å². The van der Waals surface area contributed by atoms with Gasteiger partial charge in [0.05, 0.1) is 5.56 Å². The van der Waals surface area contributed by atoms with E-state index in [0.29, 0.717) is 31.0 Å². The van der Waals surface area contributed by atoms with E-state index in [4.69, 9.17) is 9.15 Å². The molecule has 0 atom stereocenters. The number of carboxylic acids is 1. The Balaban J connectivity index is 2.18. The zero-order valence-corrected chi connectivity index (χ0v) is 14.5. The highest BCUT2D eigenvalue weighted by molar-refractivity contribution is 6.06. The quantitative estimate of drug-likeness (QED) is 0.860. The number of aromatic carboxylic acids is 1. The Morgan fingerprint density at radius 3 is 2.50 bits per heavy atom. The second-order valence-corrected chi connectivity index (χ2v) is 6.35. The molecule has 0 saturated carbocycles. The SMILES string of the molecule is CCN(c1cc2oc(C(F)(F)F)cc2c(C(=O)O)c1C)C1CCOCC1. The second-order valence-electron chi connectivity index (χ2n) is 6.35. The Kier molecular flexibility index (Phi) is 4.88. The maximum absolute atomic E-state index is 13.0. The fourth-order valence-corrected chi connectivity index (χ4v) is 3.61. The number of fused-ring (bicyclic) bond motifs is 1. The molecule has 2 heterocycles. The number of ether oxygens (including phenoxy) is 1. The lowest BCUT2D eigenvalue weighted by Gasteiger charge is -2.36. The van der Waals surface area contributed by atoms with Crippen LogP contribution < -0.4 is 4.90 Å². The summed E-state index contributed by atoms with van der Waals surface area (Å²) in [7, 11) is 0. The number of furan rings is 1. The van der Waals surface area contributed by atoms with Crippen molar-refractivity contribution >= 4 is 22.6 Å². The summed E-state index contributed by atoms with van der Waals surface area (Å²) in [4.78, 5) is 13.8. The van der Waals surface area contributed by atoms with Gasteiger partial charge in [-0.2, -0.15) is 13.2 Å².